The van der Waals surface area contributed by atoms with Gasteiger partial charge in [0.1, 0.15) is 0 Å². The number of aryl methyl sites for hydroxylation is 2. The standard InChI is InChI=1S/C13H18N2/c1-13(2,11-7-5-9-14(11)3)12-8-6-10-15(12)4/h5-10H,1-4H3. The van der Waals surface area contributed by atoms with E-state index in [2.05, 4.69) is 73.7 Å². The van der Waals surface area contributed by atoms with Crippen molar-refractivity contribution in [2.24, 2.45) is 14.1 Å². The molecule has 0 aromatic carbocycles. The normalized spacial score (nSPS) is 12.0. The molecule has 0 unspecified atom stereocenters. The maximum absolute atomic E-state index is 2.26. The molecule has 2 heterocycles. The highest BCUT2D eigenvalue weighted by atomic mass is 15.0. The maximum Gasteiger partial charge on any atom is 0.0451 e. The van der Waals surface area contributed by atoms with E-state index in [9.17, 15) is 0 Å². The molecular formula is C13H18N2. The second kappa shape index (κ2) is 3.30. The van der Waals surface area contributed by atoms with E-state index in [1.807, 2.05) is 0 Å². The molecule has 0 fully saturated rings. The van der Waals surface area contributed by atoms with Gasteiger partial charge in [-0.15, -0.1) is 0 Å². The number of aromatic nitrogens is 2. The molecule has 80 valence electrons. The van der Waals surface area contributed by atoms with E-state index in [0.717, 1.165) is 0 Å². The first-order chi connectivity index (χ1) is 7.03. The third-order valence-corrected chi connectivity index (χ3v) is 3.17. The van der Waals surface area contributed by atoms with Gasteiger partial charge in [0.15, 0.2) is 0 Å². The van der Waals surface area contributed by atoms with Gasteiger partial charge in [-0.3, -0.25) is 0 Å². The molecule has 2 rings (SSSR count). The summed E-state index contributed by atoms with van der Waals surface area (Å²) in [5.41, 5.74) is 2.73. The molecule has 0 saturated heterocycles. The van der Waals surface area contributed by atoms with Gasteiger partial charge in [0.2, 0.25) is 0 Å². The summed E-state index contributed by atoms with van der Waals surface area (Å²) in [6, 6.07) is 8.57. The van der Waals surface area contributed by atoms with Crippen LogP contribution in [0.3, 0.4) is 0 Å². The molecule has 0 aliphatic carbocycles. The molecule has 0 radical (unpaired) electrons. The van der Waals surface area contributed by atoms with E-state index in [1.54, 1.807) is 0 Å². The van der Waals surface area contributed by atoms with Gasteiger partial charge in [0.25, 0.3) is 0 Å². The minimum absolute atomic E-state index is 0.0521. The van der Waals surface area contributed by atoms with Crippen molar-refractivity contribution in [2.45, 2.75) is 19.3 Å². The molecule has 15 heavy (non-hydrogen) atoms. The summed E-state index contributed by atoms with van der Waals surface area (Å²) < 4.78 is 4.38. The zero-order valence-corrected chi connectivity index (χ0v) is 9.86. The second-order valence-electron chi connectivity index (χ2n) is 4.63. The Morgan fingerprint density at radius 1 is 0.867 bits per heavy atom. The highest BCUT2D eigenvalue weighted by molar-refractivity contribution is 5.31. The van der Waals surface area contributed by atoms with Gasteiger partial charge in [-0.25, -0.2) is 0 Å². The van der Waals surface area contributed by atoms with Crippen LogP contribution in [-0.2, 0) is 19.5 Å². The van der Waals surface area contributed by atoms with Crippen LogP contribution in [-0.4, -0.2) is 9.13 Å². The van der Waals surface area contributed by atoms with Crippen LogP contribution in [0.5, 0.6) is 0 Å². The topological polar surface area (TPSA) is 9.86 Å². The fourth-order valence-electron chi connectivity index (χ4n) is 2.35. The van der Waals surface area contributed by atoms with E-state index in [1.165, 1.54) is 11.4 Å². The summed E-state index contributed by atoms with van der Waals surface area (Å²) >= 11 is 0. The highest BCUT2D eigenvalue weighted by Crippen LogP contribution is 2.31. The van der Waals surface area contributed by atoms with Crippen molar-refractivity contribution in [3.8, 4) is 0 Å². The van der Waals surface area contributed by atoms with Crippen LogP contribution in [0, 0.1) is 0 Å². The second-order valence-corrected chi connectivity index (χ2v) is 4.63. The van der Waals surface area contributed by atoms with Crippen molar-refractivity contribution in [1.82, 2.24) is 9.13 Å². The molecule has 0 bridgehead atoms. The lowest BCUT2D eigenvalue weighted by Crippen LogP contribution is -2.24. The van der Waals surface area contributed by atoms with Gasteiger partial charge in [0.05, 0.1) is 0 Å². The van der Waals surface area contributed by atoms with Crippen LogP contribution in [0.25, 0.3) is 0 Å². The molecule has 0 aliphatic heterocycles. The van der Waals surface area contributed by atoms with Crippen LogP contribution >= 0.6 is 0 Å². The van der Waals surface area contributed by atoms with Crippen molar-refractivity contribution in [2.75, 3.05) is 0 Å². The minimum atomic E-state index is 0.0521. The van der Waals surface area contributed by atoms with Crippen molar-refractivity contribution in [1.29, 1.82) is 0 Å². The monoisotopic (exact) mass is 202 g/mol. The quantitative estimate of drug-likeness (QED) is 0.708. The van der Waals surface area contributed by atoms with Gasteiger partial charge < -0.3 is 9.13 Å². The molecule has 2 heteroatoms. The van der Waals surface area contributed by atoms with E-state index in [0.29, 0.717) is 0 Å². The first kappa shape index (κ1) is 10.1. The van der Waals surface area contributed by atoms with Crippen LogP contribution in [0.1, 0.15) is 25.2 Å². The molecule has 0 amide bonds. The predicted octanol–water partition coefficient (Wildman–Crippen LogP) is 2.69. The number of rotatable bonds is 2. The zero-order chi connectivity index (χ0) is 11.1. The van der Waals surface area contributed by atoms with Crippen LogP contribution in [0.15, 0.2) is 36.7 Å². The Morgan fingerprint density at radius 2 is 1.27 bits per heavy atom. The van der Waals surface area contributed by atoms with Gasteiger partial charge in [-0.1, -0.05) is 0 Å². The third-order valence-electron chi connectivity index (χ3n) is 3.17. The van der Waals surface area contributed by atoms with Gasteiger partial charge in [-0.05, 0) is 38.1 Å². The lowest BCUT2D eigenvalue weighted by atomic mass is 9.85. The van der Waals surface area contributed by atoms with Crippen LogP contribution < -0.4 is 0 Å². The number of hydrogen-bond donors (Lipinski definition) is 0. The predicted molar refractivity (Wildman–Crippen MR) is 63.0 cm³/mol. The van der Waals surface area contributed by atoms with E-state index < -0.39 is 0 Å². The first-order valence-corrected chi connectivity index (χ1v) is 5.27. The Labute approximate surface area is 91.2 Å². The SMILES string of the molecule is Cn1cccc1C(C)(C)c1cccn1C. The Kier molecular flexibility index (Phi) is 2.22. The van der Waals surface area contributed by atoms with Crippen molar-refractivity contribution in [3.63, 3.8) is 0 Å². The molecule has 0 aliphatic rings. The average Bonchev–Trinajstić information content (AvgIpc) is 2.73. The molecule has 2 aromatic rings. The molecule has 2 nitrogen and oxygen atoms in total. The fourth-order valence-corrected chi connectivity index (χ4v) is 2.35. The Balaban J connectivity index is 2.53. The Morgan fingerprint density at radius 3 is 1.53 bits per heavy atom. The van der Waals surface area contributed by atoms with Gasteiger partial charge >= 0.3 is 0 Å². The summed E-state index contributed by atoms with van der Waals surface area (Å²) in [7, 11) is 4.19. The summed E-state index contributed by atoms with van der Waals surface area (Å²) in [6.45, 7) is 4.52. The Bertz CT molecular complexity index is 418. The molecular weight excluding hydrogens is 184 g/mol. The fraction of sp³-hybridized carbons (Fsp3) is 0.385. The van der Waals surface area contributed by atoms with E-state index in [4.69, 9.17) is 0 Å². The third kappa shape index (κ3) is 1.50. The highest BCUT2D eigenvalue weighted by Gasteiger charge is 2.27. The molecule has 0 spiro atoms. The zero-order valence-electron chi connectivity index (χ0n) is 9.86. The number of hydrogen-bond acceptors (Lipinski definition) is 0. The summed E-state index contributed by atoms with van der Waals surface area (Å²) in [5.74, 6) is 0. The lowest BCUT2D eigenvalue weighted by molar-refractivity contribution is 0.545. The Hall–Kier alpha value is -1.44. The van der Waals surface area contributed by atoms with Gasteiger partial charge in [0, 0.05) is 43.3 Å². The molecule has 0 saturated carbocycles. The smallest absolute Gasteiger partial charge is 0.0451 e. The van der Waals surface area contributed by atoms with Crippen LogP contribution in [0.2, 0.25) is 0 Å². The van der Waals surface area contributed by atoms with Crippen LogP contribution in [0.4, 0.5) is 0 Å². The molecule has 0 atom stereocenters. The maximum atomic E-state index is 2.26. The largest absolute Gasteiger partial charge is 0.354 e. The van der Waals surface area contributed by atoms with E-state index >= 15 is 0 Å². The molecule has 0 N–H and O–H groups in total. The van der Waals surface area contributed by atoms with Gasteiger partial charge in [-0.2, -0.15) is 0 Å². The first-order valence-electron chi connectivity index (χ1n) is 5.27. The lowest BCUT2D eigenvalue weighted by Gasteiger charge is -2.26. The van der Waals surface area contributed by atoms with Crippen molar-refractivity contribution >= 4 is 0 Å². The summed E-state index contributed by atoms with van der Waals surface area (Å²) in [5, 5.41) is 0. The number of nitrogens with zero attached hydrogens (tertiary/aromatic N) is 2. The molecule has 2 aromatic heterocycles. The minimum Gasteiger partial charge on any atom is -0.354 e. The average molecular weight is 202 g/mol. The summed E-state index contributed by atoms with van der Waals surface area (Å²) in [6.07, 6.45) is 4.19. The van der Waals surface area contributed by atoms with E-state index in [-0.39, 0.29) is 5.41 Å². The van der Waals surface area contributed by atoms with Crippen molar-refractivity contribution < 1.29 is 0 Å². The van der Waals surface area contributed by atoms with Crippen molar-refractivity contribution in [3.05, 3.63) is 48.0 Å². The summed E-state index contributed by atoms with van der Waals surface area (Å²) in [4.78, 5) is 0.